The number of likely N-dealkylation sites (tertiary alicyclic amines) is 1. The minimum absolute atomic E-state index is 0.222. The van der Waals surface area contributed by atoms with E-state index in [4.69, 9.17) is 10.8 Å². The van der Waals surface area contributed by atoms with E-state index in [-0.39, 0.29) is 6.61 Å². The lowest BCUT2D eigenvalue weighted by molar-refractivity contribution is 0.0359. The fourth-order valence-electron chi connectivity index (χ4n) is 2.23. The summed E-state index contributed by atoms with van der Waals surface area (Å²) in [4.78, 5) is 13.6. The van der Waals surface area contributed by atoms with Crippen molar-refractivity contribution < 1.29 is 5.11 Å². The fourth-order valence-corrected chi connectivity index (χ4v) is 2.23. The summed E-state index contributed by atoms with van der Waals surface area (Å²) in [6.07, 6.45) is 4.70. The number of nitrogens with two attached hydrogens (primary N) is 1. The van der Waals surface area contributed by atoms with Crippen LogP contribution in [0.5, 0.6) is 0 Å². The molecule has 17 heavy (non-hydrogen) atoms. The van der Waals surface area contributed by atoms with Crippen LogP contribution in [0.2, 0.25) is 0 Å². The second kappa shape index (κ2) is 3.97. The molecular weight excluding hydrogens is 218 g/mol. The third-order valence-electron chi connectivity index (χ3n) is 3.36. The highest BCUT2D eigenvalue weighted by Gasteiger charge is 2.27. The summed E-state index contributed by atoms with van der Waals surface area (Å²) in [5, 5.41) is 9.15. The van der Waals surface area contributed by atoms with Gasteiger partial charge in [-0.3, -0.25) is 4.90 Å². The first-order valence-electron chi connectivity index (χ1n) is 5.71. The van der Waals surface area contributed by atoms with E-state index in [1.807, 2.05) is 6.20 Å². The Balaban J connectivity index is 1.87. The molecule has 3 heterocycles. The molecule has 2 aromatic heterocycles. The third kappa shape index (κ3) is 1.75. The Hall–Kier alpha value is -1.66. The zero-order chi connectivity index (χ0) is 11.8. The van der Waals surface area contributed by atoms with Crippen LogP contribution in [0.1, 0.15) is 12.0 Å². The number of nitrogens with one attached hydrogen (secondary N) is 1. The van der Waals surface area contributed by atoms with Crippen molar-refractivity contribution in [2.75, 3.05) is 18.9 Å². The van der Waals surface area contributed by atoms with Gasteiger partial charge in [0.25, 0.3) is 0 Å². The van der Waals surface area contributed by atoms with Gasteiger partial charge in [0.05, 0.1) is 23.8 Å². The molecule has 0 saturated carbocycles. The molecule has 0 bridgehead atoms. The Labute approximate surface area is 98.5 Å². The normalized spacial score (nSPS) is 20.6. The van der Waals surface area contributed by atoms with Crippen molar-refractivity contribution in [2.45, 2.75) is 19.0 Å². The molecule has 1 aliphatic rings. The van der Waals surface area contributed by atoms with Gasteiger partial charge in [-0.2, -0.15) is 0 Å². The molecule has 1 aliphatic heterocycles. The number of aromatic amines is 1. The summed E-state index contributed by atoms with van der Waals surface area (Å²) in [5.41, 5.74) is 8.47. The molecule has 6 heteroatoms. The SMILES string of the molecule is Nc1ncc2[nH]cc(CN3CC[C@H]3CO)c2n1. The van der Waals surface area contributed by atoms with Gasteiger partial charge in [0.1, 0.15) is 0 Å². The van der Waals surface area contributed by atoms with Gasteiger partial charge in [0.15, 0.2) is 0 Å². The molecule has 0 amide bonds. The maximum Gasteiger partial charge on any atom is 0.220 e. The van der Waals surface area contributed by atoms with Crippen LogP contribution < -0.4 is 5.73 Å². The third-order valence-corrected chi connectivity index (χ3v) is 3.36. The number of aliphatic hydroxyl groups is 1. The highest BCUT2D eigenvalue weighted by atomic mass is 16.3. The fraction of sp³-hybridized carbons (Fsp3) is 0.455. The maximum absolute atomic E-state index is 9.15. The number of aromatic nitrogens is 3. The van der Waals surface area contributed by atoms with Crippen molar-refractivity contribution in [1.29, 1.82) is 0 Å². The lowest BCUT2D eigenvalue weighted by atomic mass is 10.0. The molecule has 4 N–H and O–H groups in total. The number of hydrogen-bond donors (Lipinski definition) is 3. The second-order valence-corrected chi connectivity index (χ2v) is 4.40. The standard InChI is InChI=1S/C11H15N5O/c12-11-14-4-9-10(15-11)7(3-13-9)5-16-2-1-8(16)6-17/h3-4,8,13,17H,1-2,5-6H2,(H2,12,14,15)/t8-/m0/s1. The average Bonchev–Trinajstić information content (AvgIpc) is 2.67. The van der Waals surface area contributed by atoms with Gasteiger partial charge in [0, 0.05) is 30.9 Å². The zero-order valence-electron chi connectivity index (χ0n) is 9.43. The van der Waals surface area contributed by atoms with E-state index in [0.29, 0.717) is 12.0 Å². The summed E-state index contributed by atoms with van der Waals surface area (Å²) in [6.45, 7) is 2.04. The Bertz CT molecular complexity index is 536. The van der Waals surface area contributed by atoms with E-state index in [2.05, 4.69) is 19.9 Å². The van der Waals surface area contributed by atoms with Gasteiger partial charge in [-0.25, -0.2) is 9.97 Å². The topological polar surface area (TPSA) is 91.1 Å². The molecular formula is C11H15N5O. The van der Waals surface area contributed by atoms with Crippen molar-refractivity contribution in [1.82, 2.24) is 19.9 Å². The van der Waals surface area contributed by atoms with E-state index in [1.54, 1.807) is 6.20 Å². The molecule has 6 nitrogen and oxygen atoms in total. The van der Waals surface area contributed by atoms with Crippen molar-refractivity contribution in [2.24, 2.45) is 0 Å². The number of nitrogens with zero attached hydrogens (tertiary/aromatic N) is 3. The van der Waals surface area contributed by atoms with Crippen molar-refractivity contribution in [3.8, 4) is 0 Å². The number of nitrogen functional groups attached to an aromatic ring is 1. The quantitative estimate of drug-likeness (QED) is 0.699. The van der Waals surface area contributed by atoms with Gasteiger partial charge in [0.2, 0.25) is 5.95 Å². The van der Waals surface area contributed by atoms with E-state index in [9.17, 15) is 0 Å². The molecule has 0 radical (unpaired) electrons. The van der Waals surface area contributed by atoms with Crippen molar-refractivity contribution in [3.63, 3.8) is 0 Å². The highest BCUT2D eigenvalue weighted by Crippen LogP contribution is 2.23. The minimum Gasteiger partial charge on any atom is -0.395 e. The number of anilines is 1. The summed E-state index contributed by atoms with van der Waals surface area (Å²) >= 11 is 0. The predicted octanol–water partition coefficient (Wildman–Crippen LogP) is 0.107. The van der Waals surface area contributed by atoms with E-state index < -0.39 is 0 Å². The first-order chi connectivity index (χ1) is 8.28. The highest BCUT2D eigenvalue weighted by molar-refractivity contribution is 5.78. The Morgan fingerprint density at radius 3 is 3.18 bits per heavy atom. The largest absolute Gasteiger partial charge is 0.395 e. The molecule has 0 spiro atoms. The minimum atomic E-state index is 0.222. The van der Waals surface area contributed by atoms with Crippen LogP contribution >= 0.6 is 0 Å². The predicted molar refractivity (Wildman–Crippen MR) is 64.2 cm³/mol. The maximum atomic E-state index is 9.15. The summed E-state index contributed by atoms with van der Waals surface area (Å²) in [5.74, 6) is 0.292. The van der Waals surface area contributed by atoms with Crippen LogP contribution in [0.25, 0.3) is 11.0 Å². The van der Waals surface area contributed by atoms with Crippen LogP contribution in [0.3, 0.4) is 0 Å². The summed E-state index contributed by atoms with van der Waals surface area (Å²) in [6, 6.07) is 0.291. The van der Waals surface area contributed by atoms with Gasteiger partial charge in [-0.15, -0.1) is 0 Å². The molecule has 1 saturated heterocycles. The first kappa shape index (κ1) is 10.5. The van der Waals surface area contributed by atoms with Gasteiger partial charge < -0.3 is 15.8 Å². The average molecular weight is 233 g/mol. The first-order valence-corrected chi connectivity index (χ1v) is 5.71. The van der Waals surface area contributed by atoms with Crippen LogP contribution in [0.15, 0.2) is 12.4 Å². The molecule has 3 rings (SSSR count). The summed E-state index contributed by atoms with van der Waals surface area (Å²) < 4.78 is 0. The van der Waals surface area contributed by atoms with Crippen LogP contribution in [-0.2, 0) is 6.54 Å². The molecule has 0 unspecified atom stereocenters. The lowest BCUT2D eigenvalue weighted by Crippen LogP contribution is -2.48. The molecule has 1 fully saturated rings. The van der Waals surface area contributed by atoms with E-state index in [1.165, 1.54) is 0 Å². The van der Waals surface area contributed by atoms with Crippen LogP contribution in [-0.4, -0.2) is 44.2 Å². The smallest absolute Gasteiger partial charge is 0.220 e. The summed E-state index contributed by atoms with van der Waals surface area (Å²) in [7, 11) is 0. The zero-order valence-corrected chi connectivity index (χ0v) is 9.43. The Morgan fingerprint density at radius 2 is 2.47 bits per heavy atom. The van der Waals surface area contributed by atoms with Crippen LogP contribution in [0, 0.1) is 0 Å². The van der Waals surface area contributed by atoms with E-state index in [0.717, 1.165) is 36.1 Å². The van der Waals surface area contributed by atoms with Gasteiger partial charge in [-0.1, -0.05) is 0 Å². The Kier molecular flexibility index (Phi) is 2.45. The lowest BCUT2D eigenvalue weighted by Gasteiger charge is -2.39. The number of aliphatic hydroxyl groups excluding tert-OH is 1. The monoisotopic (exact) mass is 233 g/mol. The van der Waals surface area contributed by atoms with Crippen molar-refractivity contribution in [3.05, 3.63) is 18.0 Å². The Morgan fingerprint density at radius 1 is 1.59 bits per heavy atom. The molecule has 90 valence electrons. The number of hydrogen-bond acceptors (Lipinski definition) is 5. The van der Waals surface area contributed by atoms with Crippen molar-refractivity contribution >= 4 is 17.0 Å². The molecule has 1 atom stereocenters. The number of rotatable bonds is 3. The van der Waals surface area contributed by atoms with Gasteiger partial charge >= 0.3 is 0 Å². The number of fused-ring (bicyclic) bond motifs is 1. The second-order valence-electron chi connectivity index (χ2n) is 4.40. The molecule has 0 aromatic carbocycles. The van der Waals surface area contributed by atoms with E-state index >= 15 is 0 Å². The molecule has 2 aromatic rings. The molecule has 0 aliphatic carbocycles. The van der Waals surface area contributed by atoms with Gasteiger partial charge in [-0.05, 0) is 6.42 Å². The van der Waals surface area contributed by atoms with Crippen LogP contribution in [0.4, 0.5) is 5.95 Å². The number of H-pyrrole nitrogens is 1.